The lowest BCUT2D eigenvalue weighted by Crippen LogP contribution is -2.15. The van der Waals surface area contributed by atoms with Crippen LogP contribution in [-0.2, 0) is 7.05 Å². The number of para-hydroxylation sites is 1. The highest BCUT2D eigenvalue weighted by Gasteiger charge is 2.12. The third kappa shape index (κ3) is 2.54. The van der Waals surface area contributed by atoms with Gasteiger partial charge in [0.2, 0.25) is 0 Å². The summed E-state index contributed by atoms with van der Waals surface area (Å²) in [4.78, 5) is 16.6. The number of anilines is 2. The zero-order valence-electron chi connectivity index (χ0n) is 11.4. The maximum atomic E-state index is 12.3. The summed E-state index contributed by atoms with van der Waals surface area (Å²) in [5, 5.41) is 7.60. The largest absolute Gasteiger partial charge is 0.323 e. The molecule has 0 fully saturated rings. The standard InChI is InChI=1S/C14H14N6O/c1-20-8-9(7-16-20)17-14(21)13-6-12(19-15)10-4-2-3-5-11(10)18-13/h2-8H,15H2,1H3,(H,17,21)(H,18,19). The van der Waals surface area contributed by atoms with Crippen molar-refractivity contribution in [2.75, 3.05) is 10.7 Å². The Morgan fingerprint density at radius 3 is 2.86 bits per heavy atom. The Labute approximate surface area is 120 Å². The van der Waals surface area contributed by atoms with Crippen molar-refractivity contribution in [3.05, 3.63) is 48.4 Å². The Morgan fingerprint density at radius 2 is 2.14 bits per heavy atom. The molecule has 106 valence electrons. The van der Waals surface area contributed by atoms with Gasteiger partial charge in [0.05, 0.1) is 23.1 Å². The van der Waals surface area contributed by atoms with Crippen LogP contribution >= 0.6 is 0 Å². The predicted octanol–water partition coefficient (Wildman–Crippen LogP) is 1.51. The zero-order chi connectivity index (χ0) is 14.8. The van der Waals surface area contributed by atoms with Gasteiger partial charge in [-0.2, -0.15) is 5.10 Å². The molecule has 0 bridgehead atoms. The lowest BCUT2D eigenvalue weighted by atomic mass is 10.1. The molecule has 7 heteroatoms. The second-order valence-corrected chi connectivity index (χ2v) is 4.57. The number of rotatable bonds is 3. The molecule has 0 unspecified atom stereocenters. The van der Waals surface area contributed by atoms with Gasteiger partial charge in [-0.1, -0.05) is 18.2 Å². The van der Waals surface area contributed by atoms with E-state index in [1.54, 1.807) is 30.2 Å². The van der Waals surface area contributed by atoms with Crippen molar-refractivity contribution in [3.8, 4) is 0 Å². The first kappa shape index (κ1) is 13.1. The average molecular weight is 282 g/mol. The van der Waals surface area contributed by atoms with Gasteiger partial charge in [0.15, 0.2) is 0 Å². The van der Waals surface area contributed by atoms with E-state index in [0.717, 1.165) is 5.39 Å². The van der Waals surface area contributed by atoms with E-state index in [4.69, 9.17) is 5.84 Å². The number of aryl methyl sites for hydroxylation is 1. The molecule has 2 aromatic heterocycles. The van der Waals surface area contributed by atoms with Crippen LogP contribution in [0.25, 0.3) is 10.9 Å². The number of hydrazine groups is 1. The van der Waals surface area contributed by atoms with E-state index in [0.29, 0.717) is 16.9 Å². The summed E-state index contributed by atoms with van der Waals surface area (Å²) >= 11 is 0. The van der Waals surface area contributed by atoms with Crippen molar-refractivity contribution in [3.63, 3.8) is 0 Å². The molecule has 2 heterocycles. The van der Waals surface area contributed by atoms with Crippen LogP contribution in [0.4, 0.5) is 11.4 Å². The SMILES string of the molecule is Cn1cc(NC(=O)c2cc(NN)c3ccccc3n2)cn1. The van der Waals surface area contributed by atoms with Crippen molar-refractivity contribution < 1.29 is 4.79 Å². The number of fused-ring (bicyclic) bond motifs is 1. The van der Waals surface area contributed by atoms with Crippen LogP contribution in [-0.4, -0.2) is 20.7 Å². The Kier molecular flexibility index (Phi) is 3.25. The lowest BCUT2D eigenvalue weighted by molar-refractivity contribution is 0.102. The number of benzene rings is 1. The summed E-state index contributed by atoms with van der Waals surface area (Å²) in [6, 6.07) is 9.09. The molecule has 0 saturated heterocycles. The van der Waals surface area contributed by atoms with Crippen LogP contribution in [0.3, 0.4) is 0 Å². The third-order valence-corrected chi connectivity index (χ3v) is 3.07. The van der Waals surface area contributed by atoms with E-state index < -0.39 is 0 Å². The average Bonchev–Trinajstić information content (AvgIpc) is 2.91. The summed E-state index contributed by atoms with van der Waals surface area (Å²) in [5.74, 6) is 5.20. The summed E-state index contributed by atoms with van der Waals surface area (Å²) < 4.78 is 1.61. The van der Waals surface area contributed by atoms with Crippen LogP contribution in [0.1, 0.15) is 10.5 Å². The first-order valence-electron chi connectivity index (χ1n) is 6.34. The predicted molar refractivity (Wildman–Crippen MR) is 80.7 cm³/mol. The number of pyridine rings is 1. The molecule has 7 nitrogen and oxygen atoms in total. The van der Waals surface area contributed by atoms with E-state index in [1.165, 1.54) is 0 Å². The number of nitrogens with zero attached hydrogens (tertiary/aromatic N) is 3. The Balaban J connectivity index is 1.98. The van der Waals surface area contributed by atoms with Gasteiger partial charge < -0.3 is 10.7 Å². The van der Waals surface area contributed by atoms with Crippen LogP contribution in [0.15, 0.2) is 42.7 Å². The summed E-state index contributed by atoms with van der Waals surface area (Å²) in [7, 11) is 1.78. The number of carbonyl (C=O) groups excluding carboxylic acids is 1. The number of hydrogen-bond acceptors (Lipinski definition) is 5. The molecule has 0 aliphatic heterocycles. The fraction of sp³-hybridized carbons (Fsp3) is 0.0714. The minimum Gasteiger partial charge on any atom is -0.323 e. The van der Waals surface area contributed by atoms with Gasteiger partial charge >= 0.3 is 0 Å². The van der Waals surface area contributed by atoms with Crippen molar-refractivity contribution >= 4 is 28.2 Å². The normalized spacial score (nSPS) is 10.6. The fourth-order valence-electron chi connectivity index (χ4n) is 2.09. The highest BCUT2D eigenvalue weighted by molar-refractivity contribution is 6.06. The molecule has 0 spiro atoms. The number of nitrogens with one attached hydrogen (secondary N) is 2. The molecular weight excluding hydrogens is 268 g/mol. The molecule has 0 radical (unpaired) electrons. The van der Waals surface area contributed by atoms with E-state index in [-0.39, 0.29) is 11.6 Å². The topological polar surface area (TPSA) is 97.9 Å². The quantitative estimate of drug-likeness (QED) is 0.499. The van der Waals surface area contributed by atoms with Gasteiger partial charge in [0.1, 0.15) is 5.69 Å². The maximum absolute atomic E-state index is 12.3. The minimum absolute atomic E-state index is 0.283. The van der Waals surface area contributed by atoms with Crippen LogP contribution in [0, 0.1) is 0 Å². The summed E-state index contributed by atoms with van der Waals surface area (Å²) in [5.41, 5.74) is 4.84. The molecule has 0 saturated carbocycles. The number of nitrogens with two attached hydrogens (primary N) is 1. The molecule has 3 rings (SSSR count). The van der Waals surface area contributed by atoms with Gasteiger partial charge in [-0.15, -0.1) is 0 Å². The molecule has 1 aromatic carbocycles. The number of nitrogen functional groups attached to an aromatic ring is 1. The monoisotopic (exact) mass is 282 g/mol. The molecule has 0 aliphatic rings. The first-order chi connectivity index (χ1) is 10.2. The second-order valence-electron chi connectivity index (χ2n) is 4.57. The van der Waals surface area contributed by atoms with Gasteiger partial charge in [-0.25, -0.2) is 4.98 Å². The second kappa shape index (κ2) is 5.22. The van der Waals surface area contributed by atoms with Gasteiger partial charge in [-0.3, -0.25) is 15.3 Å². The van der Waals surface area contributed by atoms with E-state index in [9.17, 15) is 4.79 Å². The van der Waals surface area contributed by atoms with Gasteiger partial charge in [-0.05, 0) is 12.1 Å². The molecule has 3 aromatic rings. The van der Waals surface area contributed by atoms with Gasteiger partial charge in [0, 0.05) is 18.6 Å². The molecular formula is C14H14N6O. The number of carbonyl (C=O) groups is 1. The smallest absolute Gasteiger partial charge is 0.274 e. The summed E-state index contributed by atoms with van der Waals surface area (Å²) in [6.45, 7) is 0. The zero-order valence-corrected chi connectivity index (χ0v) is 11.4. The van der Waals surface area contributed by atoms with Crippen molar-refractivity contribution in [2.24, 2.45) is 12.9 Å². The molecule has 1 amide bonds. The Bertz CT molecular complexity index is 810. The van der Waals surface area contributed by atoms with Crippen molar-refractivity contribution in [1.29, 1.82) is 0 Å². The lowest BCUT2D eigenvalue weighted by Gasteiger charge is -2.08. The molecule has 4 N–H and O–H groups in total. The number of hydrogen-bond donors (Lipinski definition) is 3. The van der Waals surface area contributed by atoms with Crippen LogP contribution in [0.5, 0.6) is 0 Å². The first-order valence-corrected chi connectivity index (χ1v) is 6.34. The van der Waals surface area contributed by atoms with Gasteiger partial charge in [0.25, 0.3) is 5.91 Å². The molecule has 0 atom stereocenters. The van der Waals surface area contributed by atoms with Crippen molar-refractivity contribution in [1.82, 2.24) is 14.8 Å². The van der Waals surface area contributed by atoms with E-state index in [1.807, 2.05) is 24.3 Å². The highest BCUT2D eigenvalue weighted by atomic mass is 16.1. The third-order valence-electron chi connectivity index (χ3n) is 3.07. The molecule has 21 heavy (non-hydrogen) atoms. The van der Waals surface area contributed by atoms with E-state index in [2.05, 4.69) is 20.8 Å². The number of aromatic nitrogens is 3. The van der Waals surface area contributed by atoms with E-state index >= 15 is 0 Å². The van der Waals surface area contributed by atoms with Crippen molar-refractivity contribution in [2.45, 2.75) is 0 Å². The Hall–Kier alpha value is -2.93. The minimum atomic E-state index is -0.315. The highest BCUT2D eigenvalue weighted by Crippen LogP contribution is 2.22. The number of amides is 1. The Morgan fingerprint density at radius 1 is 1.33 bits per heavy atom. The fourth-order valence-corrected chi connectivity index (χ4v) is 2.09. The maximum Gasteiger partial charge on any atom is 0.274 e. The molecule has 0 aliphatic carbocycles. The summed E-state index contributed by atoms with van der Waals surface area (Å²) in [6.07, 6.45) is 3.28. The van der Waals surface area contributed by atoms with Crippen LogP contribution < -0.4 is 16.6 Å². The van der Waals surface area contributed by atoms with Crippen LogP contribution in [0.2, 0.25) is 0 Å².